The lowest BCUT2D eigenvalue weighted by atomic mass is 9.51. The monoisotopic (exact) mass is 560 g/mol. The molecule has 1 N–H and O–H groups in total. The zero-order valence-electron chi connectivity index (χ0n) is 24.1. The van der Waals surface area contributed by atoms with E-state index in [0.29, 0.717) is 41.8 Å². The molecule has 1 amide bonds. The molecular formula is C33H40N2O6. The molecule has 3 fully saturated rings. The van der Waals surface area contributed by atoms with Crippen LogP contribution in [-0.4, -0.2) is 70.7 Å². The number of nitrogens with zero attached hydrogens (tertiary/aromatic N) is 2. The van der Waals surface area contributed by atoms with Crippen LogP contribution >= 0.6 is 0 Å². The van der Waals surface area contributed by atoms with Crippen LogP contribution in [0.3, 0.4) is 0 Å². The van der Waals surface area contributed by atoms with Gasteiger partial charge < -0.3 is 23.9 Å². The van der Waals surface area contributed by atoms with Crippen LogP contribution in [0.2, 0.25) is 0 Å². The number of carbonyl (C=O) groups is 2. The predicted octanol–water partition coefficient (Wildman–Crippen LogP) is 4.19. The van der Waals surface area contributed by atoms with Crippen LogP contribution in [0, 0.1) is 17.8 Å². The molecule has 2 unspecified atom stereocenters. The van der Waals surface area contributed by atoms with Crippen LogP contribution < -0.4 is 9.47 Å². The Bertz CT molecular complexity index is 1370. The van der Waals surface area contributed by atoms with Gasteiger partial charge in [-0.15, -0.1) is 0 Å². The number of aliphatic hydroxyl groups excluding tert-OH is 1. The smallest absolute Gasteiger partial charge is 0.308 e. The number of carbonyl (C=O) groups excluding carboxylic acids is 2. The minimum Gasteiger partial charge on any atom is -0.483 e. The highest BCUT2D eigenvalue weighted by molar-refractivity contribution is 5.92. The van der Waals surface area contributed by atoms with Gasteiger partial charge in [-0.25, -0.2) is 0 Å². The molecule has 2 saturated carbocycles. The second kappa shape index (κ2) is 10.0. The van der Waals surface area contributed by atoms with Gasteiger partial charge in [0.25, 0.3) is 0 Å². The van der Waals surface area contributed by atoms with E-state index in [1.54, 1.807) is 18.6 Å². The Morgan fingerprint density at radius 2 is 2.10 bits per heavy atom. The van der Waals surface area contributed by atoms with Gasteiger partial charge in [-0.1, -0.05) is 19.9 Å². The predicted molar refractivity (Wildman–Crippen MR) is 152 cm³/mol. The molecule has 2 bridgehead atoms. The lowest BCUT2D eigenvalue weighted by molar-refractivity contribution is -0.138. The van der Waals surface area contributed by atoms with E-state index in [4.69, 9.17) is 13.9 Å². The second-order valence-electron chi connectivity index (χ2n) is 13.2. The number of furan rings is 1. The number of likely N-dealkylation sites (tertiary alicyclic amines) is 1. The number of esters is 1. The second-order valence-corrected chi connectivity index (χ2v) is 13.2. The van der Waals surface area contributed by atoms with E-state index < -0.39 is 0 Å². The van der Waals surface area contributed by atoms with E-state index in [9.17, 15) is 14.7 Å². The van der Waals surface area contributed by atoms with Gasteiger partial charge in [0.05, 0.1) is 24.7 Å². The zero-order chi connectivity index (χ0) is 28.5. The largest absolute Gasteiger partial charge is 0.483 e. The Kier molecular flexibility index (Phi) is 6.54. The Labute approximate surface area is 241 Å². The topological polar surface area (TPSA) is 92.5 Å². The summed E-state index contributed by atoms with van der Waals surface area (Å²) in [5.74, 6) is 1.85. The molecule has 2 aliphatic heterocycles. The fraction of sp³-hybridized carbons (Fsp3) is 0.576. The van der Waals surface area contributed by atoms with Crippen molar-refractivity contribution in [2.45, 2.75) is 82.6 Å². The Morgan fingerprint density at radius 1 is 1.27 bits per heavy atom. The summed E-state index contributed by atoms with van der Waals surface area (Å²) < 4.78 is 17.8. The molecule has 0 radical (unpaired) electrons. The number of aliphatic hydroxyl groups is 1. The molecule has 1 aromatic heterocycles. The van der Waals surface area contributed by atoms with Crippen LogP contribution in [0.25, 0.3) is 6.08 Å². The SMILES string of the molecule is CC(=O)Oc1ccc2c3c1O[C@H]1[C@H](N(CC(C)C)C(=O)C=Cc4ccoc4)CC[C@H]4[C@@H](C2)N(CC2CC2O)CC[C@@]341. The third-order valence-corrected chi connectivity index (χ3v) is 10.2. The van der Waals surface area contributed by atoms with Crippen molar-refractivity contribution in [3.05, 3.63) is 53.5 Å². The van der Waals surface area contributed by atoms with E-state index >= 15 is 0 Å². The molecule has 8 nitrogen and oxygen atoms in total. The summed E-state index contributed by atoms with van der Waals surface area (Å²) in [6, 6.07) is 6.12. The number of benzene rings is 1. The average molecular weight is 561 g/mol. The highest BCUT2D eigenvalue weighted by Gasteiger charge is 2.67. The van der Waals surface area contributed by atoms with E-state index in [2.05, 4.69) is 24.8 Å². The average Bonchev–Trinajstić information content (AvgIpc) is 3.28. The molecule has 41 heavy (non-hydrogen) atoms. The van der Waals surface area contributed by atoms with Gasteiger partial charge in [0, 0.05) is 54.6 Å². The summed E-state index contributed by atoms with van der Waals surface area (Å²) in [6.07, 6.45) is 10.9. The van der Waals surface area contributed by atoms with Crippen molar-refractivity contribution in [1.82, 2.24) is 9.80 Å². The number of amides is 1. The number of ether oxygens (including phenoxy) is 2. The molecule has 8 heteroatoms. The first-order chi connectivity index (χ1) is 19.8. The molecule has 2 aromatic rings. The Balaban J connectivity index is 1.28. The maximum Gasteiger partial charge on any atom is 0.308 e. The summed E-state index contributed by atoms with van der Waals surface area (Å²) in [7, 11) is 0. The van der Waals surface area contributed by atoms with E-state index in [1.807, 2.05) is 23.1 Å². The minimum absolute atomic E-state index is 0.0211. The standard InChI is InChI=1S/C33H40N2O6/c1-19(2)16-35(29(38)9-4-21-10-13-39-18-21)25-7-6-24-26-14-22-5-8-28(40-20(3)36)31-30(22)33(24,32(25)41-31)11-12-34(26)17-23-15-27(23)37/h4-5,8-10,13,18-19,23-27,32,37H,6-7,11-12,14-17H2,1-3H3/t23?,24-,25+,26+,27?,32-,33-/m0/s1. The van der Waals surface area contributed by atoms with Crippen molar-refractivity contribution in [3.63, 3.8) is 0 Å². The van der Waals surface area contributed by atoms with Gasteiger partial charge >= 0.3 is 5.97 Å². The molecular weight excluding hydrogens is 520 g/mol. The van der Waals surface area contributed by atoms with E-state index in [1.165, 1.54) is 18.1 Å². The van der Waals surface area contributed by atoms with Gasteiger partial charge in [-0.05, 0) is 74.3 Å². The van der Waals surface area contributed by atoms with Gasteiger partial charge in [0.15, 0.2) is 11.5 Å². The van der Waals surface area contributed by atoms with Crippen molar-refractivity contribution >= 4 is 18.0 Å². The quantitative estimate of drug-likeness (QED) is 0.294. The molecule has 7 rings (SSSR count). The van der Waals surface area contributed by atoms with E-state index in [-0.39, 0.29) is 35.5 Å². The first-order valence-electron chi connectivity index (χ1n) is 15.2. The first-order valence-corrected chi connectivity index (χ1v) is 15.2. The van der Waals surface area contributed by atoms with Gasteiger partial charge in [-0.3, -0.25) is 14.5 Å². The van der Waals surface area contributed by atoms with Gasteiger partial charge in [0.2, 0.25) is 5.91 Å². The number of hydrogen-bond acceptors (Lipinski definition) is 7. The molecule has 1 saturated heterocycles. The maximum atomic E-state index is 13.8. The van der Waals surface area contributed by atoms with Crippen molar-refractivity contribution in [3.8, 4) is 11.5 Å². The third kappa shape index (κ3) is 4.41. The summed E-state index contributed by atoms with van der Waals surface area (Å²) in [5, 5.41) is 10.1. The highest BCUT2D eigenvalue weighted by Crippen LogP contribution is 2.64. The summed E-state index contributed by atoms with van der Waals surface area (Å²) in [6.45, 7) is 8.23. The zero-order valence-corrected chi connectivity index (χ0v) is 24.1. The summed E-state index contributed by atoms with van der Waals surface area (Å²) in [4.78, 5) is 30.6. The van der Waals surface area contributed by atoms with Gasteiger partial charge in [0.1, 0.15) is 6.10 Å². The van der Waals surface area contributed by atoms with Crippen LogP contribution in [-0.2, 0) is 21.4 Å². The highest BCUT2D eigenvalue weighted by atomic mass is 16.6. The molecule has 3 heterocycles. The van der Waals surface area contributed by atoms with Crippen LogP contribution in [0.4, 0.5) is 0 Å². The van der Waals surface area contributed by atoms with E-state index in [0.717, 1.165) is 50.8 Å². The molecule has 218 valence electrons. The van der Waals surface area contributed by atoms with Crippen molar-refractivity contribution < 1.29 is 28.6 Å². The summed E-state index contributed by atoms with van der Waals surface area (Å²) >= 11 is 0. The molecule has 5 aliphatic rings. The normalized spacial score (nSPS) is 33.0. The summed E-state index contributed by atoms with van der Waals surface area (Å²) in [5.41, 5.74) is 3.09. The molecule has 1 spiro atoms. The van der Waals surface area contributed by atoms with Crippen LogP contribution in [0.15, 0.2) is 41.2 Å². The number of hydrogen-bond donors (Lipinski definition) is 1. The Hall–Kier alpha value is -3.10. The minimum atomic E-state index is -0.363. The Morgan fingerprint density at radius 3 is 2.80 bits per heavy atom. The molecule has 3 aliphatic carbocycles. The fourth-order valence-electron chi connectivity index (χ4n) is 8.51. The van der Waals surface area contributed by atoms with Crippen molar-refractivity contribution in [2.75, 3.05) is 19.6 Å². The molecule has 1 aromatic carbocycles. The maximum absolute atomic E-state index is 13.8. The van der Waals surface area contributed by atoms with Gasteiger partial charge in [-0.2, -0.15) is 0 Å². The number of piperidine rings is 1. The van der Waals surface area contributed by atoms with Crippen molar-refractivity contribution in [2.24, 2.45) is 17.8 Å². The van der Waals surface area contributed by atoms with Crippen molar-refractivity contribution in [1.29, 1.82) is 0 Å². The third-order valence-electron chi connectivity index (χ3n) is 10.2. The lowest BCUT2D eigenvalue weighted by Crippen LogP contribution is -2.69. The first kappa shape index (κ1) is 26.8. The van der Waals surface area contributed by atoms with Crippen LogP contribution in [0.5, 0.6) is 11.5 Å². The fourth-order valence-corrected chi connectivity index (χ4v) is 8.51. The number of rotatable bonds is 8. The molecule has 7 atom stereocenters. The lowest BCUT2D eigenvalue weighted by Gasteiger charge is -2.60. The van der Waals surface area contributed by atoms with Crippen LogP contribution in [0.1, 0.15) is 63.1 Å².